The molecule has 26 heavy (non-hydrogen) atoms. The molecule has 3 N–H and O–H groups in total. The minimum Gasteiger partial charge on any atom is -0.508 e. The van der Waals surface area contributed by atoms with Crippen molar-refractivity contribution in [3.05, 3.63) is 71.0 Å². The van der Waals surface area contributed by atoms with Crippen LogP contribution in [-0.4, -0.2) is 36.4 Å². The van der Waals surface area contributed by atoms with Gasteiger partial charge < -0.3 is 5.11 Å². The Morgan fingerprint density at radius 1 is 1.00 bits per heavy atom. The lowest BCUT2D eigenvalue weighted by Gasteiger charge is -1.98. The average molecular weight is 362 g/mol. The molecule has 0 fully saturated rings. The summed E-state index contributed by atoms with van der Waals surface area (Å²) in [4.78, 5) is 0. The van der Waals surface area contributed by atoms with Crippen LogP contribution < -0.4 is 0 Å². The van der Waals surface area contributed by atoms with Crippen LogP contribution in [0.4, 0.5) is 0 Å². The molecule has 0 saturated heterocycles. The third-order valence-electron chi connectivity index (χ3n) is 3.75. The maximum atomic E-state index is 9.35. The van der Waals surface area contributed by atoms with Gasteiger partial charge in [-0.15, -0.1) is 0 Å². The summed E-state index contributed by atoms with van der Waals surface area (Å²) in [5.74, 6) is 0.730. The van der Waals surface area contributed by atoms with Crippen molar-refractivity contribution in [2.45, 2.75) is 0 Å². The molecule has 7 nitrogen and oxygen atoms in total. The van der Waals surface area contributed by atoms with E-state index in [1.165, 1.54) is 4.68 Å². The van der Waals surface area contributed by atoms with Gasteiger partial charge in [0.05, 0.1) is 11.9 Å². The molecule has 4 aromatic rings. The van der Waals surface area contributed by atoms with Crippen LogP contribution in [-0.2, 0) is 0 Å². The highest BCUT2D eigenvalue weighted by atomic mass is 32.1. The van der Waals surface area contributed by atoms with E-state index in [1.807, 2.05) is 36.4 Å². The van der Waals surface area contributed by atoms with Crippen molar-refractivity contribution in [2.24, 2.45) is 5.10 Å². The molecule has 0 aliphatic heterocycles. The monoisotopic (exact) mass is 362 g/mol. The molecule has 0 aliphatic rings. The molecular formula is C18H14N6OS. The van der Waals surface area contributed by atoms with E-state index in [2.05, 4.69) is 25.5 Å². The second-order valence-electron chi connectivity index (χ2n) is 5.53. The highest BCUT2D eigenvalue weighted by molar-refractivity contribution is 7.71. The molecule has 2 aromatic heterocycles. The molecule has 2 heterocycles. The zero-order valence-corrected chi connectivity index (χ0v) is 14.3. The minimum absolute atomic E-state index is 0.202. The standard InChI is InChI=1S/C18H14N6OS/c25-14-8-6-12(7-9-14)11-19-24-17(22-23-18(24)26)16-10-15(20-21-16)13-4-2-1-3-5-13/h1-11,25H,(H,20,21)(H,23,26). The van der Waals surface area contributed by atoms with Crippen molar-refractivity contribution in [1.82, 2.24) is 25.1 Å². The molecule has 0 atom stereocenters. The number of aromatic hydroxyl groups is 1. The Kier molecular flexibility index (Phi) is 4.16. The van der Waals surface area contributed by atoms with Gasteiger partial charge in [-0.2, -0.15) is 20.0 Å². The number of phenols is 1. The number of rotatable bonds is 4. The van der Waals surface area contributed by atoms with Crippen molar-refractivity contribution in [3.63, 3.8) is 0 Å². The fraction of sp³-hybridized carbons (Fsp3) is 0. The number of nitrogens with one attached hydrogen (secondary N) is 2. The summed E-state index contributed by atoms with van der Waals surface area (Å²) >= 11 is 5.27. The van der Waals surface area contributed by atoms with Crippen molar-refractivity contribution in [3.8, 4) is 28.5 Å². The van der Waals surface area contributed by atoms with E-state index in [1.54, 1.807) is 30.5 Å². The molecule has 0 bridgehead atoms. The quantitative estimate of drug-likeness (QED) is 0.382. The van der Waals surface area contributed by atoms with Gasteiger partial charge in [-0.25, -0.2) is 5.10 Å². The smallest absolute Gasteiger partial charge is 0.216 e. The molecule has 2 aromatic carbocycles. The lowest BCUT2D eigenvalue weighted by molar-refractivity contribution is 0.475. The van der Waals surface area contributed by atoms with Gasteiger partial charge in [-0.3, -0.25) is 5.10 Å². The number of aromatic amines is 2. The Balaban J connectivity index is 1.68. The summed E-state index contributed by atoms with van der Waals surface area (Å²) in [5, 5.41) is 28.0. The van der Waals surface area contributed by atoms with Gasteiger partial charge in [0, 0.05) is 5.56 Å². The number of H-pyrrole nitrogens is 2. The average Bonchev–Trinajstić information content (AvgIpc) is 3.29. The Labute approximate surface area is 153 Å². The van der Waals surface area contributed by atoms with Gasteiger partial charge in [0.25, 0.3) is 0 Å². The van der Waals surface area contributed by atoms with Crippen molar-refractivity contribution in [1.29, 1.82) is 0 Å². The van der Waals surface area contributed by atoms with Crippen molar-refractivity contribution < 1.29 is 5.11 Å². The van der Waals surface area contributed by atoms with E-state index < -0.39 is 0 Å². The molecule has 0 radical (unpaired) electrons. The summed E-state index contributed by atoms with van der Waals surface area (Å²) in [5.41, 5.74) is 3.33. The summed E-state index contributed by atoms with van der Waals surface area (Å²) in [6.07, 6.45) is 1.64. The van der Waals surface area contributed by atoms with E-state index in [0.29, 0.717) is 16.3 Å². The Bertz CT molecular complexity index is 1110. The lowest BCUT2D eigenvalue weighted by atomic mass is 10.1. The minimum atomic E-state index is 0.202. The Morgan fingerprint density at radius 3 is 2.54 bits per heavy atom. The maximum absolute atomic E-state index is 9.35. The molecule has 4 rings (SSSR count). The summed E-state index contributed by atoms with van der Waals surface area (Å²) in [6, 6.07) is 18.4. The molecule has 0 amide bonds. The lowest BCUT2D eigenvalue weighted by Crippen LogP contribution is -1.95. The zero-order valence-electron chi connectivity index (χ0n) is 13.5. The fourth-order valence-corrected chi connectivity index (χ4v) is 2.63. The van der Waals surface area contributed by atoms with Crippen LogP contribution >= 0.6 is 12.2 Å². The van der Waals surface area contributed by atoms with Gasteiger partial charge >= 0.3 is 0 Å². The highest BCUT2D eigenvalue weighted by Crippen LogP contribution is 2.22. The molecule has 0 spiro atoms. The number of nitrogens with zero attached hydrogens (tertiary/aromatic N) is 4. The second-order valence-corrected chi connectivity index (χ2v) is 5.92. The van der Waals surface area contributed by atoms with Crippen LogP contribution in [0.3, 0.4) is 0 Å². The summed E-state index contributed by atoms with van der Waals surface area (Å²) < 4.78 is 1.88. The molecule has 8 heteroatoms. The van der Waals surface area contributed by atoms with Crippen LogP contribution in [0.15, 0.2) is 65.8 Å². The Morgan fingerprint density at radius 2 is 1.77 bits per heavy atom. The number of hydrogen-bond acceptors (Lipinski definition) is 5. The van der Waals surface area contributed by atoms with Crippen LogP contribution in [0.2, 0.25) is 0 Å². The molecular weight excluding hydrogens is 348 g/mol. The predicted molar refractivity (Wildman–Crippen MR) is 102 cm³/mol. The second kappa shape index (κ2) is 6.77. The van der Waals surface area contributed by atoms with Gasteiger partial charge in [0.2, 0.25) is 10.6 Å². The van der Waals surface area contributed by atoms with Crippen LogP contribution in [0.1, 0.15) is 5.56 Å². The molecule has 0 saturated carbocycles. The predicted octanol–water partition coefficient (Wildman–Crippen LogP) is 3.59. The Hall–Kier alpha value is -3.52. The first-order valence-corrected chi connectivity index (χ1v) is 8.23. The maximum Gasteiger partial charge on any atom is 0.216 e. The van der Waals surface area contributed by atoms with Crippen LogP contribution in [0, 0.1) is 4.77 Å². The third kappa shape index (κ3) is 3.17. The third-order valence-corrected chi connectivity index (χ3v) is 4.02. The van der Waals surface area contributed by atoms with Gasteiger partial charge in [-0.05, 0) is 48.1 Å². The number of hydrogen-bond donors (Lipinski definition) is 3. The largest absolute Gasteiger partial charge is 0.508 e. The topological polar surface area (TPSA) is 94.9 Å². The number of benzene rings is 2. The number of phenolic OH excluding ortho intramolecular Hbond substituents is 1. The number of aromatic nitrogens is 5. The molecule has 0 aliphatic carbocycles. The van der Waals surface area contributed by atoms with E-state index in [4.69, 9.17) is 12.2 Å². The van der Waals surface area contributed by atoms with Gasteiger partial charge in [0.1, 0.15) is 11.4 Å². The summed E-state index contributed by atoms with van der Waals surface area (Å²) in [7, 11) is 0. The van der Waals surface area contributed by atoms with E-state index in [0.717, 1.165) is 16.8 Å². The van der Waals surface area contributed by atoms with E-state index in [9.17, 15) is 5.11 Å². The molecule has 0 unspecified atom stereocenters. The van der Waals surface area contributed by atoms with Crippen molar-refractivity contribution in [2.75, 3.05) is 0 Å². The van der Waals surface area contributed by atoms with Gasteiger partial charge in [-0.1, -0.05) is 30.3 Å². The van der Waals surface area contributed by atoms with E-state index >= 15 is 0 Å². The first-order valence-electron chi connectivity index (χ1n) is 7.83. The van der Waals surface area contributed by atoms with Crippen LogP contribution in [0.5, 0.6) is 5.75 Å². The van der Waals surface area contributed by atoms with Crippen molar-refractivity contribution >= 4 is 18.4 Å². The first-order chi connectivity index (χ1) is 12.7. The molecule has 128 valence electrons. The fourth-order valence-electron chi connectivity index (χ4n) is 2.45. The normalized spacial score (nSPS) is 11.2. The van der Waals surface area contributed by atoms with Gasteiger partial charge in [0.15, 0.2) is 0 Å². The van der Waals surface area contributed by atoms with Crippen LogP contribution in [0.25, 0.3) is 22.8 Å². The zero-order chi connectivity index (χ0) is 17.9. The van der Waals surface area contributed by atoms with E-state index in [-0.39, 0.29) is 5.75 Å². The highest BCUT2D eigenvalue weighted by Gasteiger charge is 2.12. The first kappa shape index (κ1) is 16.0. The SMILES string of the molecule is Oc1ccc(C=Nn2c(-c3cc(-c4ccccc4)n[nH]3)n[nH]c2=S)cc1. The summed E-state index contributed by atoms with van der Waals surface area (Å²) in [6.45, 7) is 0.